The first kappa shape index (κ1) is 18.2. The van der Waals surface area contributed by atoms with Crippen LogP contribution in [-0.4, -0.2) is 48.1 Å². The van der Waals surface area contributed by atoms with Crippen molar-refractivity contribution in [1.29, 1.82) is 0 Å². The molecular formula is C21H32N2O2. The second kappa shape index (κ2) is 7.77. The van der Waals surface area contributed by atoms with Crippen LogP contribution in [0, 0.1) is 0 Å². The highest BCUT2D eigenvalue weighted by atomic mass is 16.6. The fraction of sp³-hybridized carbons (Fsp3) is 0.667. The molecule has 1 aromatic rings. The summed E-state index contributed by atoms with van der Waals surface area (Å²) in [6.07, 6.45) is 5.95. The average molecular weight is 344 g/mol. The third kappa shape index (κ3) is 4.55. The van der Waals surface area contributed by atoms with Crippen molar-refractivity contribution in [1.82, 2.24) is 9.80 Å². The van der Waals surface area contributed by atoms with E-state index in [0.717, 1.165) is 31.5 Å². The topological polar surface area (TPSA) is 32.8 Å². The van der Waals surface area contributed by atoms with Crippen molar-refractivity contribution in [3.63, 3.8) is 0 Å². The predicted octanol–water partition coefficient (Wildman–Crippen LogP) is 4.43. The largest absolute Gasteiger partial charge is 0.415 e. The van der Waals surface area contributed by atoms with E-state index in [9.17, 15) is 4.79 Å². The van der Waals surface area contributed by atoms with E-state index < -0.39 is 0 Å². The van der Waals surface area contributed by atoms with Crippen LogP contribution in [0.3, 0.4) is 0 Å². The van der Waals surface area contributed by atoms with Gasteiger partial charge in [-0.1, -0.05) is 45.4 Å². The second-order valence-electron chi connectivity index (χ2n) is 8.43. The monoisotopic (exact) mass is 344 g/mol. The lowest BCUT2D eigenvalue weighted by atomic mass is 9.86. The van der Waals surface area contributed by atoms with Crippen LogP contribution in [0.2, 0.25) is 0 Å². The van der Waals surface area contributed by atoms with Gasteiger partial charge in [0.05, 0.1) is 0 Å². The van der Waals surface area contributed by atoms with Gasteiger partial charge in [-0.25, -0.2) is 4.79 Å². The third-order valence-corrected chi connectivity index (χ3v) is 5.52. The number of ether oxygens (including phenoxy) is 1. The Bertz CT molecular complexity index is 580. The molecule has 2 fully saturated rings. The SMILES string of the molecule is CC(C)(C)c1ccccc1OC(=O)N1CCC(N2CCCCC2)CC1. The summed E-state index contributed by atoms with van der Waals surface area (Å²) in [5, 5.41) is 0. The standard InChI is InChI=1S/C21H32N2O2/c1-21(2,3)18-9-5-6-10-19(18)25-20(24)23-15-11-17(12-16-23)22-13-7-4-8-14-22/h5-6,9-10,17H,4,7-8,11-16H2,1-3H3. The van der Waals surface area contributed by atoms with Gasteiger partial charge in [-0.15, -0.1) is 0 Å². The first-order valence-electron chi connectivity index (χ1n) is 9.75. The van der Waals surface area contributed by atoms with Gasteiger partial charge in [0, 0.05) is 24.7 Å². The van der Waals surface area contributed by atoms with Crippen molar-refractivity contribution in [2.24, 2.45) is 0 Å². The molecule has 1 amide bonds. The summed E-state index contributed by atoms with van der Waals surface area (Å²) in [4.78, 5) is 17.1. The quantitative estimate of drug-likeness (QED) is 0.795. The van der Waals surface area contributed by atoms with Crippen LogP contribution in [-0.2, 0) is 5.41 Å². The Balaban J connectivity index is 1.57. The number of likely N-dealkylation sites (tertiary alicyclic amines) is 2. The third-order valence-electron chi connectivity index (χ3n) is 5.52. The van der Waals surface area contributed by atoms with Crippen LogP contribution >= 0.6 is 0 Å². The lowest BCUT2D eigenvalue weighted by molar-refractivity contribution is 0.0876. The van der Waals surface area contributed by atoms with Crippen molar-refractivity contribution >= 4 is 6.09 Å². The molecule has 0 N–H and O–H groups in total. The molecule has 1 aromatic carbocycles. The minimum Gasteiger partial charge on any atom is -0.410 e. The highest BCUT2D eigenvalue weighted by Gasteiger charge is 2.29. The van der Waals surface area contributed by atoms with E-state index in [2.05, 4.69) is 25.7 Å². The number of amides is 1. The van der Waals surface area contributed by atoms with E-state index in [1.165, 1.54) is 32.4 Å². The van der Waals surface area contributed by atoms with Crippen molar-refractivity contribution < 1.29 is 9.53 Å². The number of piperidine rings is 2. The fourth-order valence-corrected chi connectivity index (χ4v) is 4.03. The molecule has 2 saturated heterocycles. The predicted molar refractivity (Wildman–Crippen MR) is 101 cm³/mol. The summed E-state index contributed by atoms with van der Waals surface area (Å²) in [5.74, 6) is 0.693. The number of hydrogen-bond acceptors (Lipinski definition) is 3. The normalized spacial score (nSPS) is 20.5. The molecule has 2 heterocycles. The number of rotatable bonds is 2. The maximum Gasteiger partial charge on any atom is 0.415 e. The summed E-state index contributed by atoms with van der Waals surface area (Å²) >= 11 is 0. The maximum atomic E-state index is 12.6. The summed E-state index contributed by atoms with van der Waals surface area (Å²) in [5.41, 5.74) is 1.03. The van der Waals surface area contributed by atoms with E-state index in [4.69, 9.17) is 4.74 Å². The van der Waals surface area contributed by atoms with Crippen molar-refractivity contribution in [3.8, 4) is 5.75 Å². The maximum absolute atomic E-state index is 12.6. The molecule has 138 valence electrons. The molecule has 3 rings (SSSR count). The van der Waals surface area contributed by atoms with E-state index in [0.29, 0.717) is 11.8 Å². The van der Waals surface area contributed by atoms with Gasteiger partial charge >= 0.3 is 6.09 Å². The lowest BCUT2D eigenvalue weighted by Gasteiger charge is -2.39. The molecule has 0 radical (unpaired) electrons. The molecule has 4 nitrogen and oxygen atoms in total. The molecule has 25 heavy (non-hydrogen) atoms. The first-order chi connectivity index (χ1) is 11.9. The lowest BCUT2D eigenvalue weighted by Crippen LogP contribution is -2.48. The highest BCUT2D eigenvalue weighted by Crippen LogP contribution is 2.31. The Hall–Kier alpha value is -1.55. The minimum atomic E-state index is -0.200. The smallest absolute Gasteiger partial charge is 0.410 e. The van der Waals surface area contributed by atoms with Gasteiger partial charge in [-0.2, -0.15) is 0 Å². The molecule has 0 bridgehead atoms. The minimum absolute atomic E-state index is 0.0435. The van der Waals surface area contributed by atoms with Gasteiger partial charge in [0.25, 0.3) is 0 Å². The number of para-hydroxylation sites is 1. The summed E-state index contributed by atoms with van der Waals surface area (Å²) < 4.78 is 5.77. The number of benzene rings is 1. The summed E-state index contributed by atoms with van der Waals surface area (Å²) in [7, 11) is 0. The van der Waals surface area contributed by atoms with Crippen LogP contribution in [0.25, 0.3) is 0 Å². The average Bonchev–Trinajstić information content (AvgIpc) is 2.62. The van der Waals surface area contributed by atoms with Gasteiger partial charge in [-0.3, -0.25) is 0 Å². The van der Waals surface area contributed by atoms with Crippen LogP contribution in [0.5, 0.6) is 5.75 Å². The molecule has 0 saturated carbocycles. The van der Waals surface area contributed by atoms with E-state index in [-0.39, 0.29) is 11.5 Å². The molecular weight excluding hydrogens is 312 g/mol. The Morgan fingerprint density at radius 2 is 1.64 bits per heavy atom. The number of nitrogens with zero attached hydrogens (tertiary/aromatic N) is 2. The number of carbonyl (C=O) groups excluding carboxylic acids is 1. The van der Waals surface area contributed by atoms with Gasteiger partial charge in [0.1, 0.15) is 5.75 Å². The Morgan fingerprint density at radius 1 is 1.00 bits per heavy atom. The molecule has 0 atom stereocenters. The van der Waals surface area contributed by atoms with Crippen LogP contribution < -0.4 is 4.74 Å². The molecule has 0 aliphatic carbocycles. The molecule has 0 aromatic heterocycles. The Morgan fingerprint density at radius 3 is 2.28 bits per heavy atom. The molecule has 0 spiro atoms. The molecule has 2 aliphatic rings. The zero-order valence-corrected chi connectivity index (χ0v) is 16.0. The fourth-order valence-electron chi connectivity index (χ4n) is 4.03. The molecule has 0 unspecified atom stereocenters. The summed E-state index contributed by atoms with van der Waals surface area (Å²) in [6.45, 7) is 10.5. The van der Waals surface area contributed by atoms with Crippen LogP contribution in [0.4, 0.5) is 4.79 Å². The molecule has 2 aliphatic heterocycles. The van der Waals surface area contributed by atoms with Gasteiger partial charge < -0.3 is 14.5 Å². The van der Waals surface area contributed by atoms with E-state index in [1.54, 1.807) is 0 Å². The van der Waals surface area contributed by atoms with Crippen LogP contribution in [0.1, 0.15) is 58.4 Å². The zero-order valence-electron chi connectivity index (χ0n) is 16.0. The summed E-state index contributed by atoms with van der Waals surface area (Å²) in [6, 6.07) is 8.53. The number of carbonyl (C=O) groups is 1. The molecule has 4 heteroatoms. The highest BCUT2D eigenvalue weighted by molar-refractivity contribution is 5.71. The van der Waals surface area contributed by atoms with Crippen molar-refractivity contribution in [2.75, 3.05) is 26.2 Å². The number of hydrogen-bond donors (Lipinski definition) is 0. The van der Waals surface area contributed by atoms with E-state index >= 15 is 0 Å². The van der Waals surface area contributed by atoms with Gasteiger partial charge in [0.2, 0.25) is 0 Å². The van der Waals surface area contributed by atoms with Crippen molar-refractivity contribution in [2.45, 2.75) is 64.3 Å². The van der Waals surface area contributed by atoms with Gasteiger partial charge in [0.15, 0.2) is 0 Å². The van der Waals surface area contributed by atoms with Crippen LogP contribution in [0.15, 0.2) is 24.3 Å². The Labute approximate surface area is 152 Å². The second-order valence-corrected chi connectivity index (χ2v) is 8.43. The zero-order chi connectivity index (χ0) is 17.9. The first-order valence-corrected chi connectivity index (χ1v) is 9.75. The Kier molecular flexibility index (Phi) is 5.67. The van der Waals surface area contributed by atoms with Crippen molar-refractivity contribution in [3.05, 3.63) is 29.8 Å². The van der Waals surface area contributed by atoms with Gasteiger partial charge in [-0.05, 0) is 50.3 Å². The van der Waals surface area contributed by atoms with E-state index in [1.807, 2.05) is 29.2 Å².